The number of nitrogens with one attached hydrogen (secondary N) is 2. The van der Waals surface area contributed by atoms with Crippen molar-refractivity contribution in [3.63, 3.8) is 0 Å². The molecule has 38 heavy (non-hydrogen) atoms. The maximum Gasteiger partial charge on any atom is 0.322 e. The summed E-state index contributed by atoms with van der Waals surface area (Å²) in [4.78, 5) is 15.5. The Balaban J connectivity index is 1.26. The van der Waals surface area contributed by atoms with Crippen LogP contribution in [0.3, 0.4) is 0 Å². The number of sulfonamides is 1. The lowest BCUT2D eigenvalue weighted by Crippen LogP contribution is -2.41. The van der Waals surface area contributed by atoms with E-state index in [1.54, 1.807) is 12.3 Å². The number of carbonyl (C=O) groups is 1. The van der Waals surface area contributed by atoms with Crippen molar-refractivity contribution >= 4 is 38.2 Å². The van der Waals surface area contributed by atoms with Gasteiger partial charge < -0.3 is 14.8 Å². The summed E-state index contributed by atoms with van der Waals surface area (Å²) in [5.74, 6) is 6.14. The van der Waals surface area contributed by atoms with E-state index in [1.807, 2.05) is 78.9 Å². The number of carboxylic acid groups (broad SMARTS) is 1. The van der Waals surface area contributed by atoms with E-state index in [0.29, 0.717) is 16.2 Å². The highest BCUT2D eigenvalue weighted by molar-refractivity contribution is 7.91. The minimum absolute atomic E-state index is 0.000592. The van der Waals surface area contributed by atoms with Crippen LogP contribution in [0.2, 0.25) is 0 Å². The van der Waals surface area contributed by atoms with E-state index >= 15 is 0 Å². The number of rotatable bonds is 8. The van der Waals surface area contributed by atoms with Crippen LogP contribution in [0.4, 0.5) is 0 Å². The second kappa shape index (κ2) is 10.9. The lowest BCUT2D eigenvalue weighted by Gasteiger charge is -2.13. The van der Waals surface area contributed by atoms with Crippen LogP contribution >= 0.6 is 11.3 Å². The van der Waals surface area contributed by atoms with Gasteiger partial charge in [0.15, 0.2) is 0 Å². The van der Waals surface area contributed by atoms with Crippen molar-refractivity contribution in [1.82, 2.24) is 9.71 Å². The number of H-pyrrole nitrogens is 1. The van der Waals surface area contributed by atoms with E-state index in [1.165, 1.54) is 6.07 Å². The highest BCUT2D eigenvalue weighted by Gasteiger charge is 2.27. The molecule has 1 atom stereocenters. The predicted octanol–water partition coefficient (Wildman–Crippen LogP) is 5.40. The summed E-state index contributed by atoms with van der Waals surface area (Å²) in [7, 11) is -4.07. The predicted molar refractivity (Wildman–Crippen MR) is 147 cm³/mol. The first-order valence-corrected chi connectivity index (χ1v) is 13.9. The zero-order valence-corrected chi connectivity index (χ0v) is 21.6. The topological polar surface area (TPSA) is 108 Å². The molecule has 0 fully saturated rings. The van der Waals surface area contributed by atoms with Crippen LogP contribution in [-0.4, -0.2) is 30.5 Å². The molecule has 7 nitrogen and oxygen atoms in total. The van der Waals surface area contributed by atoms with Gasteiger partial charge in [-0.25, -0.2) is 8.42 Å². The molecule has 3 N–H and O–H groups in total. The smallest absolute Gasteiger partial charge is 0.322 e. The lowest BCUT2D eigenvalue weighted by atomic mass is 10.1. The molecule has 0 aliphatic heterocycles. The highest BCUT2D eigenvalue weighted by atomic mass is 32.2. The van der Waals surface area contributed by atoms with Gasteiger partial charge in [0.05, 0.1) is 4.88 Å². The van der Waals surface area contributed by atoms with Gasteiger partial charge in [-0.05, 0) is 60.2 Å². The van der Waals surface area contributed by atoms with Crippen molar-refractivity contribution in [1.29, 1.82) is 0 Å². The molecule has 0 aliphatic rings. The molecular weight excluding hydrogens is 520 g/mol. The molecule has 3 aromatic carbocycles. The number of para-hydroxylation sites is 2. The number of hydrogen-bond acceptors (Lipinski definition) is 5. The quantitative estimate of drug-likeness (QED) is 0.228. The summed E-state index contributed by atoms with van der Waals surface area (Å²) in [6.45, 7) is 0. The van der Waals surface area contributed by atoms with Gasteiger partial charge in [0.25, 0.3) is 10.0 Å². The number of thiophene rings is 1. The Morgan fingerprint density at radius 3 is 2.39 bits per heavy atom. The first-order chi connectivity index (χ1) is 18.4. The van der Waals surface area contributed by atoms with Gasteiger partial charge in [0, 0.05) is 29.1 Å². The Labute approximate surface area is 223 Å². The van der Waals surface area contributed by atoms with Gasteiger partial charge in [-0.2, -0.15) is 4.72 Å². The molecule has 0 spiro atoms. The summed E-state index contributed by atoms with van der Waals surface area (Å²) in [6, 6.07) is 25.9. The maximum atomic E-state index is 13.0. The van der Waals surface area contributed by atoms with E-state index in [0.717, 1.165) is 33.6 Å². The molecule has 0 saturated heterocycles. The summed E-state index contributed by atoms with van der Waals surface area (Å²) >= 11 is 0.980. The SMILES string of the molecule is O=C(O)[C@@H](Cc1c[nH]c2ccccc12)NS(=O)(=O)c1ccc(C#Cc2ccc(Oc3ccccc3)cc2)s1. The largest absolute Gasteiger partial charge is 0.480 e. The fraction of sp³-hybridized carbons (Fsp3) is 0.0690. The van der Waals surface area contributed by atoms with Crippen molar-refractivity contribution in [2.24, 2.45) is 0 Å². The zero-order valence-electron chi connectivity index (χ0n) is 19.9. The van der Waals surface area contributed by atoms with Gasteiger partial charge in [0.2, 0.25) is 0 Å². The van der Waals surface area contributed by atoms with Crippen LogP contribution in [-0.2, 0) is 21.2 Å². The van der Waals surface area contributed by atoms with Gasteiger partial charge >= 0.3 is 5.97 Å². The van der Waals surface area contributed by atoms with Crippen LogP contribution in [0.25, 0.3) is 10.9 Å². The van der Waals surface area contributed by atoms with Crippen molar-refractivity contribution in [3.8, 4) is 23.3 Å². The first kappa shape index (κ1) is 25.3. The summed E-state index contributed by atoms with van der Waals surface area (Å²) in [6.07, 6.45) is 1.70. The zero-order chi connectivity index (χ0) is 26.5. The van der Waals surface area contributed by atoms with Gasteiger partial charge in [-0.3, -0.25) is 4.79 Å². The molecule has 9 heteroatoms. The maximum absolute atomic E-state index is 13.0. The normalized spacial score (nSPS) is 12.0. The molecule has 0 unspecified atom stereocenters. The monoisotopic (exact) mass is 542 g/mol. The number of fused-ring (bicyclic) bond motifs is 1. The number of aliphatic carboxylic acids is 1. The molecular formula is C29H22N2O5S2. The van der Waals surface area contributed by atoms with Crippen LogP contribution < -0.4 is 9.46 Å². The molecule has 2 heterocycles. The van der Waals surface area contributed by atoms with E-state index in [2.05, 4.69) is 21.5 Å². The van der Waals surface area contributed by atoms with Crippen LogP contribution in [0.1, 0.15) is 16.0 Å². The van der Waals surface area contributed by atoms with Crippen molar-refractivity contribution in [2.75, 3.05) is 0 Å². The van der Waals surface area contributed by atoms with E-state index < -0.39 is 22.0 Å². The van der Waals surface area contributed by atoms with Gasteiger partial charge in [0.1, 0.15) is 21.8 Å². The second-order valence-corrected chi connectivity index (χ2v) is 11.4. The van der Waals surface area contributed by atoms with E-state index in [9.17, 15) is 18.3 Å². The van der Waals surface area contributed by atoms with Gasteiger partial charge in [-0.1, -0.05) is 48.2 Å². The third-order valence-electron chi connectivity index (χ3n) is 5.70. The Kier molecular flexibility index (Phi) is 7.29. The van der Waals surface area contributed by atoms with Crippen LogP contribution in [0, 0.1) is 11.8 Å². The number of aromatic amines is 1. The second-order valence-electron chi connectivity index (χ2n) is 8.38. The van der Waals surface area contributed by atoms with Crippen LogP contribution in [0.15, 0.2) is 101 Å². The minimum Gasteiger partial charge on any atom is -0.480 e. The van der Waals surface area contributed by atoms with Crippen molar-refractivity contribution in [2.45, 2.75) is 16.7 Å². The molecule has 2 aromatic heterocycles. The number of carboxylic acids is 1. The standard InChI is InChI=1S/C29H22N2O5S2/c32-29(33)27(18-21-19-30-26-9-5-4-8-25(21)26)31-38(34,35)28-17-16-24(37-28)15-12-20-10-13-23(14-11-20)36-22-6-2-1-3-7-22/h1-11,13-14,16-17,19,27,30-31H,18H2,(H,32,33)/t27-/m1/s1. The van der Waals surface area contributed by atoms with E-state index in [4.69, 9.17) is 4.74 Å². The Bertz CT molecular complexity index is 1750. The first-order valence-electron chi connectivity index (χ1n) is 11.6. The molecule has 5 rings (SSSR count). The number of benzene rings is 3. The molecule has 0 amide bonds. The van der Waals surface area contributed by atoms with Crippen molar-refractivity contribution < 1.29 is 23.1 Å². The number of aromatic nitrogens is 1. The minimum atomic E-state index is -4.07. The summed E-state index contributed by atoms with van der Waals surface area (Å²) in [5, 5.41) is 10.6. The fourth-order valence-electron chi connectivity index (χ4n) is 3.84. The highest BCUT2D eigenvalue weighted by Crippen LogP contribution is 2.24. The molecule has 0 aliphatic carbocycles. The number of hydrogen-bond donors (Lipinski definition) is 3. The Morgan fingerprint density at radius 2 is 1.63 bits per heavy atom. The molecule has 0 radical (unpaired) electrons. The molecule has 0 bridgehead atoms. The summed E-state index contributed by atoms with van der Waals surface area (Å²) < 4.78 is 34.1. The number of ether oxygens (including phenoxy) is 1. The third-order valence-corrected chi connectivity index (χ3v) is 8.67. The molecule has 5 aromatic rings. The molecule has 190 valence electrons. The molecule has 0 saturated carbocycles. The van der Waals surface area contributed by atoms with Crippen molar-refractivity contribution in [3.05, 3.63) is 113 Å². The average molecular weight is 543 g/mol. The van der Waals surface area contributed by atoms with Gasteiger partial charge in [-0.15, -0.1) is 11.3 Å². The van der Waals surface area contributed by atoms with Crippen LogP contribution in [0.5, 0.6) is 11.5 Å². The van der Waals surface area contributed by atoms with E-state index in [-0.39, 0.29) is 10.6 Å². The Hall–Kier alpha value is -4.36. The average Bonchev–Trinajstić information content (AvgIpc) is 3.57. The third kappa shape index (κ3) is 5.95. The fourth-order valence-corrected chi connectivity index (χ4v) is 6.21. The summed E-state index contributed by atoms with van der Waals surface area (Å²) in [5.41, 5.74) is 2.31. The lowest BCUT2D eigenvalue weighted by molar-refractivity contribution is -0.138. The Morgan fingerprint density at radius 1 is 0.921 bits per heavy atom.